The van der Waals surface area contributed by atoms with Gasteiger partial charge in [0.15, 0.2) is 0 Å². The number of hydrogen-bond acceptors (Lipinski definition) is 3. The molecule has 1 unspecified atom stereocenters. The molecule has 3 N–H and O–H groups in total. The molecule has 0 fully saturated rings. The molecule has 1 aromatic heterocycles. The van der Waals surface area contributed by atoms with Crippen LogP contribution in [0.3, 0.4) is 0 Å². The predicted molar refractivity (Wildman–Crippen MR) is 87.6 cm³/mol. The molecule has 1 heterocycles. The second-order valence-electron chi connectivity index (χ2n) is 6.33. The molecule has 0 radical (unpaired) electrons. The van der Waals surface area contributed by atoms with E-state index >= 15 is 0 Å². The number of amides is 1. The molecule has 22 heavy (non-hydrogen) atoms. The fraction of sp³-hybridized carbons (Fsp3) is 0.389. The van der Waals surface area contributed by atoms with Gasteiger partial charge >= 0.3 is 0 Å². The number of nitrogens with one attached hydrogen (secondary N) is 1. The zero-order valence-electron chi connectivity index (χ0n) is 13.4. The van der Waals surface area contributed by atoms with E-state index in [-0.39, 0.29) is 17.4 Å². The van der Waals surface area contributed by atoms with Crippen molar-refractivity contribution in [1.29, 1.82) is 0 Å². The first-order chi connectivity index (χ1) is 10.4. The maximum absolute atomic E-state index is 12.2. The van der Waals surface area contributed by atoms with E-state index in [1.165, 1.54) is 11.8 Å². The van der Waals surface area contributed by atoms with Gasteiger partial charge in [-0.3, -0.25) is 4.79 Å². The van der Waals surface area contributed by atoms with E-state index in [4.69, 9.17) is 10.2 Å². The summed E-state index contributed by atoms with van der Waals surface area (Å²) in [4.78, 5) is 12.2. The fourth-order valence-electron chi connectivity index (χ4n) is 2.74. The molecule has 4 nitrogen and oxygen atoms in total. The standard InChI is InChI=1S/C18H24N2O2/c1-13(10-18(2,3)15-7-5-4-6-8-15)20-17(21)14-9-16(11-19)22-12-14/h4-9,12-13H,10-11,19H2,1-3H3,(H,20,21). The van der Waals surface area contributed by atoms with E-state index in [2.05, 4.69) is 31.3 Å². The number of carbonyl (C=O) groups excluding carboxylic acids is 1. The molecule has 1 amide bonds. The highest BCUT2D eigenvalue weighted by atomic mass is 16.3. The molecule has 4 heteroatoms. The number of hydrogen-bond donors (Lipinski definition) is 2. The summed E-state index contributed by atoms with van der Waals surface area (Å²) in [6, 6.07) is 12.1. The Bertz CT molecular complexity index is 617. The van der Waals surface area contributed by atoms with Crippen LogP contribution in [0, 0.1) is 0 Å². The van der Waals surface area contributed by atoms with Crippen LogP contribution in [0.15, 0.2) is 47.1 Å². The van der Waals surface area contributed by atoms with Crippen LogP contribution in [-0.4, -0.2) is 11.9 Å². The Kier molecular flexibility index (Phi) is 5.03. The number of furan rings is 1. The smallest absolute Gasteiger partial charge is 0.254 e. The van der Waals surface area contributed by atoms with Crippen LogP contribution >= 0.6 is 0 Å². The van der Waals surface area contributed by atoms with Gasteiger partial charge in [0.25, 0.3) is 5.91 Å². The van der Waals surface area contributed by atoms with Gasteiger partial charge in [0.1, 0.15) is 12.0 Å². The van der Waals surface area contributed by atoms with Crippen molar-refractivity contribution < 1.29 is 9.21 Å². The lowest BCUT2D eigenvalue weighted by molar-refractivity contribution is 0.0934. The molecular weight excluding hydrogens is 276 g/mol. The van der Waals surface area contributed by atoms with Crippen molar-refractivity contribution in [3.63, 3.8) is 0 Å². The third kappa shape index (κ3) is 3.98. The Labute approximate surface area is 131 Å². The molecule has 0 aliphatic carbocycles. The Balaban J connectivity index is 1.97. The Morgan fingerprint density at radius 3 is 2.59 bits per heavy atom. The molecule has 0 aliphatic rings. The summed E-state index contributed by atoms with van der Waals surface area (Å²) >= 11 is 0. The van der Waals surface area contributed by atoms with Crippen LogP contribution in [0.5, 0.6) is 0 Å². The van der Waals surface area contributed by atoms with Gasteiger partial charge in [-0.1, -0.05) is 44.2 Å². The zero-order chi connectivity index (χ0) is 16.2. The van der Waals surface area contributed by atoms with Gasteiger partial charge < -0.3 is 15.5 Å². The van der Waals surface area contributed by atoms with E-state index in [1.54, 1.807) is 6.07 Å². The van der Waals surface area contributed by atoms with Gasteiger partial charge in [-0.15, -0.1) is 0 Å². The van der Waals surface area contributed by atoms with Gasteiger partial charge in [-0.05, 0) is 30.4 Å². The van der Waals surface area contributed by atoms with E-state index in [9.17, 15) is 4.79 Å². The predicted octanol–water partition coefficient (Wildman–Crippen LogP) is 3.22. The lowest BCUT2D eigenvalue weighted by Crippen LogP contribution is -2.37. The molecule has 1 atom stereocenters. The number of carbonyl (C=O) groups is 1. The maximum Gasteiger partial charge on any atom is 0.254 e. The Hall–Kier alpha value is -2.07. The summed E-state index contributed by atoms with van der Waals surface area (Å²) in [5, 5.41) is 3.02. The molecule has 2 aromatic rings. The summed E-state index contributed by atoms with van der Waals surface area (Å²) in [6.07, 6.45) is 2.30. The van der Waals surface area contributed by atoms with Crippen molar-refractivity contribution in [2.24, 2.45) is 5.73 Å². The largest absolute Gasteiger partial charge is 0.467 e. The van der Waals surface area contributed by atoms with Crippen molar-refractivity contribution >= 4 is 5.91 Å². The molecule has 0 spiro atoms. The minimum atomic E-state index is -0.125. The molecular formula is C18H24N2O2. The Morgan fingerprint density at radius 2 is 2.00 bits per heavy atom. The molecule has 0 saturated heterocycles. The average molecular weight is 300 g/mol. The first-order valence-electron chi connectivity index (χ1n) is 7.56. The van der Waals surface area contributed by atoms with Crippen LogP contribution in [0.4, 0.5) is 0 Å². The van der Waals surface area contributed by atoms with Crippen molar-refractivity contribution in [1.82, 2.24) is 5.32 Å². The highest BCUT2D eigenvalue weighted by molar-refractivity contribution is 5.94. The topological polar surface area (TPSA) is 68.3 Å². The molecule has 2 rings (SSSR count). The highest BCUT2D eigenvalue weighted by Crippen LogP contribution is 2.28. The van der Waals surface area contributed by atoms with Crippen LogP contribution < -0.4 is 11.1 Å². The van der Waals surface area contributed by atoms with E-state index in [1.807, 2.05) is 25.1 Å². The third-order valence-electron chi connectivity index (χ3n) is 3.87. The van der Waals surface area contributed by atoms with Gasteiger partial charge in [-0.25, -0.2) is 0 Å². The summed E-state index contributed by atoms with van der Waals surface area (Å²) in [6.45, 7) is 6.70. The van der Waals surface area contributed by atoms with Crippen LogP contribution in [0.2, 0.25) is 0 Å². The summed E-state index contributed by atoms with van der Waals surface area (Å²) < 4.78 is 5.20. The maximum atomic E-state index is 12.2. The molecule has 0 bridgehead atoms. The number of nitrogens with two attached hydrogens (primary N) is 1. The first kappa shape index (κ1) is 16.3. The van der Waals surface area contributed by atoms with Gasteiger partial charge in [0.05, 0.1) is 12.1 Å². The molecule has 0 saturated carbocycles. The van der Waals surface area contributed by atoms with Crippen molar-refractivity contribution in [3.8, 4) is 0 Å². The molecule has 1 aromatic carbocycles. The van der Waals surface area contributed by atoms with Crippen molar-refractivity contribution in [2.45, 2.75) is 45.2 Å². The van der Waals surface area contributed by atoms with Gasteiger partial charge in [0, 0.05) is 6.04 Å². The minimum Gasteiger partial charge on any atom is -0.467 e. The average Bonchev–Trinajstić information content (AvgIpc) is 2.96. The van der Waals surface area contributed by atoms with Crippen LogP contribution in [0.1, 0.15) is 48.9 Å². The zero-order valence-corrected chi connectivity index (χ0v) is 13.4. The first-order valence-corrected chi connectivity index (χ1v) is 7.56. The number of benzene rings is 1. The summed E-state index contributed by atoms with van der Waals surface area (Å²) in [7, 11) is 0. The molecule has 0 aliphatic heterocycles. The van der Waals surface area contributed by atoms with Crippen molar-refractivity contribution in [3.05, 3.63) is 59.5 Å². The Morgan fingerprint density at radius 1 is 1.32 bits per heavy atom. The van der Waals surface area contributed by atoms with Gasteiger partial charge in [0.2, 0.25) is 0 Å². The summed E-state index contributed by atoms with van der Waals surface area (Å²) in [5.74, 6) is 0.488. The van der Waals surface area contributed by atoms with E-state index < -0.39 is 0 Å². The van der Waals surface area contributed by atoms with Gasteiger partial charge in [-0.2, -0.15) is 0 Å². The normalized spacial score (nSPS) is 12.9. The second kappa shape index (κ2) is 6.79. The quantitative estimate of drug-likeness (QED) is 0.860. The third-order valence-corrected chi connectivity index (χ3v) is 3.87. The number of rotatable bonds is 6. The lowest BCUT2D eigenvalue weighted by Gasteiger charge is -2.29. The monoisotopic (exact) mass is 300 g/mol. The molecule has 118 valence electrons. The summed E-state index contributed by atoms with van der Waals surface area (Å²) in [5.41, 5.74) is 7.27. The minimum absolute atomic E-state index is 0.00717. The van der Waals surface area contributed by atoms with Crippen LogP contribution in [0.25, 0.3) is 0 Å². The van der Waals surface area contributed by atoms with E-state index in [0.717, 1.165) is 6.42 Å². The lowest BCUT2D eigenvalue weighted by atomic mass is 9.79. The second-order valence-corrected chi connectivity index (χ2v) is 6.33. The SMILES string of the molecule is CC(CC(C)(C)c1ccccc1)NC(=O)c1coc(CN)c1. The van der Waals surface area contributed by atoms with E-state index in [0.29, 0.717) is 17.9 Å². The highest BCUT2D eigenvalue weighted by Gasteiger charge is 2.24. The van der Waals surface area contributed by atoms with Crippen LogP contribution in [-0.2, 0) is 12.0 Å². The fourth-order valence-corrected chi connectivity index (χ4v) is 2.74. The van der Waals surface area contributed by atoms with Crippen molar-refractivity contribution in [2.75, 3.05) is 0 Å².